The van der Waals surface area contributed by atoms with Crippen LogP contribution in [0, 0.1) is 5.82 Å². The number of benzene rings is 2. The third kappa shape index (κ3) is 3.88. The number of rotatable bonds is 4. The van der Waals surface area contributed by atoms with Crippen molar-refractivity contribution in [3.05, 3.63) is 75.2 Å². The van der Waals surface area contributed by atoms with Gasteiger partial charge in [0.05, 0.1) is 0 Å². The Morgan fingerprint density at radius 3 is 2.72 bits per heavy atom. The Hall–Kier alpha value is -3.52. The molecule has 8 heteroatoms. The quantitative estimate of drug-likeness (QED) is 0.396. The lowest BCUT2D eigenvalue weighted by Crippen LogP contribution is -2.08. The highest BCUT2D eigenvalue weighted by molar-refractivity contribution is 7.20. The molecule has 0 unspecified atom stereocenters. The molecular formula is C21H14FNO5S. The van der Waals surface area contributed by atoms with Crippen molar-refractivity contribution < 1.29 is 23.1 Å². The van der Waals surface area contributed by atoms with Gasteiger partial charge >= 0.3 is 11.6 Å². The number of hydrogen-bond acceptors (Lipinski definition) is 6. The summed E-state index contributed by atoms with van der Waals surface area (Å²) in [4.78, 5) is 35.8. The number of thiophene rings is 1. The van der Waals surface area contributed by atoms with E-state index in [9.17, 15) is 18.8 Å². The van der Waals surface area contributed by atoms with Gasteiger partial charge in [-0.25, -0.2) is 14.0 Å². The van der Waals surface area contributed by atoms with Gasteiger partial charge in [-0.05, 0) is 30.3 Å². The highest BCUT2D eigenvalue weighted by atomic mass is 32.1. The Balaban J connectivity index is 1.59. The second-order valence-corrected chi connectivity index (χ2v) is 7.41. The Morgan fingerprint density at radius 1 is 1.14 bits per heavy atom. The van der Waals surface area contributed by atoms with Gasteiger partial charge in [-0.2, -0.15) is 0 Å². The van der Waals surface area contributed by atoms with Crippen molar-refractivity contribution in [2.24, 2.45) is 0 Å². The molecule has 4 rings (SSSR count). The van der Waals surface area contributed by atoms with Crippen LogP contribution in [0.3, 0.4) is 0 Å². The number of fused-ring (bicyclic) bond motifs is 2. The van der Waals surface area contributed by atoms with Gasteiger partial charge in [-0.15, -0.1) is 11.3 Å². The molecule has 0 aliphatic heterocycles. The molecule has 1 N–H and O–H groups in total. The van der Waals surface area contributed by atoms with E-state index in [0.717, 1.165) is 11.3 Å². The molecule has 1 amide bonds. The van der Waals surface area contributed by atoms with Crippen LogP contribution in [0.2, 0.25) is 0 Å². The van der Waals surface area contributed by atoms with E-state index in [1.165, 1.54) is 31.2 Å². The topological polar surface area (TPSA) is 85.6 Å². The normalized spacial score (nSPS) is 11.0. The van der Waals surface area contributed by atoms with Crippen molar-refractivity contribution in [2.45, 2.75) is 13.5 Å². The Kier molecular flexibility index (Phi) is 4.85. The van der Waals surface area contributed by atoms with Crippen LogP contribution < -0.4 is 10.9 Å². The summed E-state index contributed by atoms with van der Waals surface area (Å²) in [6.07, 6.45) is 0. The second-order valence-electron chi connectivity index (χ2n) is 6.32. The van der Waals surface area contributed by atoms with Gasteiger partial charge < -0.3 is 14.5 Å². The number of carbonyl (C=O) groups is 2. The summed E-state index contributed by atoms with van der Waals surface area (Å²) in [6, 6.07) is 12.2. The van der Waals surface area contributed by atoms with Crippen molar-refractivity contribution in [3.8, 4) is 0 Å². The number of hydrogen-bond donors (Lipinski definition) is 1. The summed E-state index contributed by atoms with van der Waals surface area (Å²) in [5, 5.41) is 3.55. The molecule has 2 heterocycles. The summed E-state index contributed by atoms with van der Waals surface area (Å²) in [5.74, 6) is -1.27. The molecular weight excluding hydrogens is 397 g/mol. The standard InChI is InChI=1S/C21H14FNO5S/c1-11(24)23-13-5-6-14-12(7-20(25)28-17(14)8-13)10-27-21(26)19-9-15-16(22)3-2-4-18(15)29-19/h2-9H,10H2,1H3,(H,23,24). The van der Waals surface area contributed by atoms with E-state index in [-0.39, 0.29) is 23.0 Å². The van der Waals surface area contributed by atoms with Crippen LogP contribution in [-0.4, -0.2) is 11.9 Å². The predicted molar refractivity (Wildman–Crippen MR) is 108 cm³/mol. The Morgan fingerprint density at radius 2 is 1.97 bits per heavy atom. The zero-order valence-corrected chi connectivity index (χ0v) is 16.0. The average Bonchev–Trinajstić information content (AvgIpc) is 3.11. The maximum atomic E-state index is 13.8. The minimum atomic E-state index is -0.609. The van der Waals surface area contributed by atoms with E-state index in [2.05, 4.69) is 5.32 Å². The highest BCUT2D eigenvalue weighted by Crippen LogP contribution is 2.28. The number of halogens is 1. The number of nitrogens with one attached hydrogen (secondary N) is 1. The van der Waals surface area contributed by atoms with E-state index < -0.39 is 17.4 Å². The van der Waals surface area contributed by atoms with Crippen molar-refractivity contribution >= 4 is 50.0 Å². The molecule has 2 aromatic heterocycles. The molecule has 0 atom stereocenters. The van der Waals surface area contributed by atoms with E-state index in [1.807, 2.05) is 0 Å². The number of esters is 1. The largest absolute Gasteiger partial charge is 0.457 e. The average molecular weight is 411 g/mol. The van der Waals surface area contributed by atoms with Crippen LogP contribution in [0.15, 0.2) is 57.7 Å². The second kappa shape index (κ2) is 7.48. The molecule has 0 fully saturated rings. The molecule has 0 radical (unpaired) electrons. The number of carbonyl (C=O) groups excluding carboxylic acids is 2. The van der Waals surface area contributed by atoms with Crippen LogP contribution in [-0.2, 0) is 16.1 Å². The lowest BCUT2D eigenvalue weighted by Gasteiger charge is -2.08. The predicted octanol–water partition coefficient (Wildman–Crippen LogP) is 4.46. The van der Waals surface area contributed by atoms with Crippen LogP contribution in [0.4, 0.5) is 10.1 Å². The van der Waals surface area contributed by atoms with Crippen molar-refractivity contribution in [3.63, 3.8) is 0 Å². The minimum absolute atomic E-state index is 0.156. The molecule has 0 spiro atoms. The molecule has 0 aliphatic rings. The highest BCUT2D eigenvalue weighted by Gasteiger charge is 2.15. The minimum Gasteiger partial charge on any atom is -0.457 e. The summed E-state index contributed by atoms with van der Waals surface area (Å²) in [7, 11) is 0. The van der Waals surface area contributed by atoms with E-state index >= 15 is 0 Å². The molecule has 2 aromatic carbocycles. The maximum Gasteiger partial charge on any atom is 0.348 e. The fourth-order valence-electron chi connectivity index (χ4n) is 2.97. The lowest BCUT2D eigenvalue weighted by molar-refractivity contribution is -0.114. The van der Waals surface area contributed by atoms with Gasteiger partial charge in [0.2, 0.25) is 5.91 Å². The lowest BCUT2D eigenvalue weighted by atomic mass is 10.1. The Labute approximate surface area is 167 Å². The van der Waals surface area contributed by atoms with E-state index in [1.54, 1.807) is 24.3 Å². The molecule has 0 aliphatic carbocycles. The SMILES string of the molecule is CC(=O)Nc1ccc2c(COC(=O)c3cc4c(F)cccc4s3)cc(=O)oc2c1. The molecule has 146 valence electrons. The number of ether oxygens (including phenoxy) is 1. The van der Waals surface area contributed by atoms with Crippen molar-refractivity contribution in [1.82, 2.24) is 0 Å². The summed E-state index contributed by atoms with van der Waals surface area (Å²) >= 11 is 1.13. The van der Waals surface area contributed by atoms with Gasteiger partial charge in [0.1, 0.15) is 22.9 Å². The zero-order valence-electron chi connectivity index (χ0n) is 15.2. The van der Waals surface area contributed by atoms with Gasteiger partial charge in [-0.1, -0.05) is 6.07 Å². The van der Waals surface area contributed by atoms with Gasteiger partial charge in [0, 0.05) is 45.8 Å². The summed E-state index contributed by atoms with van der Waals surface area (Å²) in [5.41, 5.74) is 0.604. The third-order valence-electron chi connectivity index (χ3n) is 4.22. The monoisotopic (exact) mass is 411 g/mol. The van der Waals surface area contributed by atoms with Crippen molar-refractivity contribution in [2.75, 3.05) is 5.32 Å². The van der Waals surface area contributed by atoms with Crippen LogP contribution in [0.1, 0.15) is 22.2 Å². The first kappa shape index (κ1) is 18.8. The maximum absolute atomic E-state index is 13.8. The zero-order chi connectivity index (χ0) is 20.5. The van der Waals surface area contributed by atoms with Gasteiger partial charge in [0.15, 0.2) is 0 Å². The summed E-state index contributed by atoms with van der Waals surface area (Å²) in [6.45, 7) is 1.22. The molecule has 6 nitrogen and oxygen atoms in total. The van der Waals surface area contributed by atoms with Crippen LogP contribution >= 0.6 is 11.3 Å². The molecule has 29 heavy (non-hydrogen) atoms. The molecule has 4 aromatic rings. The van der Waals surface area contributed by atoms with E-state index in [4.69, 9.17) is 9.15 Å². The Bertz CT molecular complexity index is 1320. The fourth-order valence-corrected chi connectivity index (χ4v) is 3.94. The first-order valence-electron chi connectivity index (χ1n) is 8.60. The fraction of sp³-hybridized carbons (Fsp3) is 0.0952. The number of amides is 1. The van der Waals surface area contributed by atoms with Gasteiger partial charge in [0.25, 0.3) is 0 Å². The molecule has 0 saturated heterocycles. The third-order valence-corrected chi connectivity index (χ3v) is 5.30. The first-order chi connectivity index (χ1) is 13.9. The van der Waals surface area contributed by atoms with Crippen LogP contribution in [0.5, 0.6) is 0 Å². The summed E-state index contributed by atoms with van der Waals surface area (Å²) < 4.78 is 25.0. The van der Waals surface area contributed by atoms with Crippen LogP contribution in [0.25, 0.3) is 21.1 Å². The first-order valence-corrected chi connectivity index (χ1v) is 9.42. The molecule has 0 saturated carbocycles. The van der Waals surface area contributed by atoms with Crippen molar-refractivity contribution in [1.29, 1.82) is 0 Å². The smallest absolute Gasteiger partial charge is 0.348 e. The van der Waals surface area contributed by atoms with Gasteiger partial charge in [-0.3, -0.25) is 4.79 Å². The van der Waals surface area contributed by atoms with E-state index in [0.29, 0.717) is 26.7 Å². The number of anilines is 1. The molecule has 0 bridgehead atoms.